The molecule has 0 saturated heterocycles. The molecule has 0 atom stereocenters. The third kappa shape index (κ3) is 2.10. The standard InChI is InChI=1S/C7H6F2N2O3S/c8-5-3(7(10)12)1-2-4(6(5)9)15(11,13)14/h1-2H,(H2,10,12)(H2,11,13,14). The molecule has 0 fully saturated rings. The summed E-state index contributed by atoms with van der Waals surface area (Å²) in [7, 11) is -4.37. The van der Waals surface area contributed by atoms with E-state index in [9.17, 15) is 22.0 Å². The topological polar surface area (TPSA) is 103 Å². The van der Waals surface area contributed by atoms with E-state index in [2.05, 4.69) is 5.14 Å². The molecule has 0 aliphatic carbocycles. The summed E-state index contributed by atoms with van der Waals surface area (Å²) in [6.45, 7) is 0. The molecule has 0 unspecified atom stereocenters. The summed E-state index contributed by atoms with van der Waals surface area (Å²) in [6.07, 6.45) is 0. The van der Waals surface area contributed by atoms with E-state index in [-0.39, 0.29) is 0 Å². The molecule has 1 aromatic carbocycles. The molecule has 82 valence electrons. The molecule has 0 heterocycles. The van der Waals surface area contributed by atoms with Crippen molar-refractivity contribution in [2.24, 2.45) is 10.9 Å². The Balaban J connectivity index is 3.55. The van der Waals surface area contributed by atoms with Crippen LogP contribution in [0.3, 0.4) is 0 Å². The van der Waals surface area contributed by atoms with Crippen molar-refractivity contribution < 1.29 is 22.0 Å². The zero-order valence-electron chi connectivity index (χ0n) is 7.20. The highest BCUT2D eigenvalue weighted by Gasteiger charge is 2.22. The normalized spacial score (nSPS) is 11.4. The molecule has 8 heteroatoms. The van der Waals surface area contributed by atoms with E-state index in [1.54, 1.807) is 0 Å². The average molecular weight is 236 g/mol. The lowest BCUT2D eigenvalue weighted by Crippen LogP contribution is -2.18. The molecule has 0 radical (unpaired) electrons. The Morgan fingerprint density at radius 3 is 2.13 bits per heavy atom. The van der Waals surface area contributed by atoms with E-state index in [1.165, 1.54) is 0 Å². The highest BCUT2D eigenvalue weighted by atomic mass is 32.2. The molecule has 0 bridgehead atoms. The summed E-state index contributed by atoms with van der Waals surface area (Å²) < 4.78 is 47.6. The Bertz CT molecular complexity index is 527. The van der Waals surface area contributed by atoms with Crippen molar-refractivity contribution in [1.29, 1.82) is 0 Å². The first-order valence-electron chi connectivity index (χ1n) is 3.55. The Morgan fingerprint density at radius 2 is 1.73 bits per heavy atom. The molecular weight excluding hydrogens is 230 g/mol. The number of carbonyl (C=O) groups excluding carboxylic acids is 1. The molecule has 1 amide bonds. The molecule has 0 aliphatic rings. The van der Waals surface area contributed by atoms with Crippen LogP contribution >= 0.6 is 0 Å². The minimum atomic E-state index is -4.37. The minimum absolute atomic E-state index is 0.674. The third-order valence-corrected chi connectivity index (χ3v) is 2.55. The van der Waals surface area contributed by atoms with Gasteiger partial charge >= 0.3 is 0 Å². The van der Waals surface area contributed by atoms with Crippen molar-refractivity contribution in [1.82, 2.24) is 0 Å². The minimum Gasteiger partial charge on any atom is -0.366 e. The largest absolute Gasteiger partial charge is 0.366 e. The Labute approximate surface area is 83.7 Å². The van der Waals surface area contributed by atoms with Crippen molar-refractivity contribution in [2.45, 2.75) is 4.90 Å². The number of hydrogen-bond acceptors (Lipinski definition) is 3. The number of primary sulfonamides is 1. The number of carbonyl (C=O) groups is 1. The molecule has 0 saturated carbocycles. The van der Waals surface area contributed by atoms with Gasteiger partial charge in [0.2, 0.25) is 10.0 Å². The summed E-state index contributed by atoms with van der Waals surface area (Å²) >= 11 is 0. The summed E-state index contributed by atoms with van der Waals surface area (Å²) in [5.41, 5.74) is 3.98. The van der Waals surface area contributed by atoms with Crippen molar-refractivity contribution in [3.8, 4) is 0 Å². The number of halogens is 2. The van der Waals surface area contributed by atoms with E-state index in [0.29, 0.717) is 6.07 Å². The second-order valence-electron chi connectivity index (χ2n) is 2.65. The monoisotopic (exact) mass is 236 g/mol. The maximum atomic E-state index is 13.1. The smallest absolute Gasteiger partial charge is 0.251 e. The number of primary amides is 1. The van der Waals surface area contributed by atoms with E-state index in [0.717, 1.165) is 6.07 Å². The summed E-state index contributed by atoms with van der Waals surface area (Å²) in [5, 5.41) is 4.60. The molecule has 4 N–H and O–H groups in total. The van der Waals surface area contributed by atoms with Gasteiger partial charge in [-0.15, -0.1) is 0 Å². The predicted molar refractivity (Wildman–Crippen MR) is 46.2 cm³/mol. The Kier molecular flexibility index (Phi) is 2.73. The van der Waals surface area contributed by atoms with Crippen molar-refractivity contribution >= 4 is 15.9 Å². The lowest BCUT2D eigenvalue weighted by Gasteiger charge is -2.03. The van der Waals surface area contributed by atoms with Crippen molar-refractivity contribution in [3.63, 3.8) is 0 Å². The highest BCUT2D eigenvalue weighted by Crippen LogP contribution is 2.18. The lowest BCUT2D eigenvalue weighted by molar-refractivity contribution is 0.0995. The summed E-state index contributed by atoms with van der Waals surface area (Å²) in [6, 6.07) is 1.42. The second-order valence-corrected chi connectivity index (χ2v) is 4.18. The first-order valence-corrected chi connectivity index (χ1v) is 5.10. The number of rotatable bonds is 2. The zero-order chi connectivity index (χ0) is 11.8. The van der Waals surface area contributed by atoms with Crippen molar-refractivity contribution in [2.75, 3.05) is 0 Å². The molecule has 1 rings (SSSR count). The van der Waals surface area contributed by atoms with Gasteiger partial charge < -0.3 is 5.73 Å². The maximum Gasteiger partial charge on any atom is 0.251 e. The third-order valence-electron chi connectivity index (χ3n) is 1.62. The molecule has 15 heavy (non-hydrogen) atoms. The van der Waals surface area contributed by atoms with Crippen LogP contribution in [0, 0.1) is 11.6 Å². The van der Waals surface area contributed by atoms with Crippen LogP contribution in [-0.2, 0) is 10.0 Å². The van der Waals surface area contributed by atoms with E-state index < -0.39 is 38.0 Å². The van der Waals surface area contributed by atoms with Crippen LogP contribution in [0.1, 0.15) is 10.4 Å². The molecule has 0 aromatic heterocycles. The van der Waals surface area contributed by atoms with Crippen LogP contribution in [0.25, 0.3) is 0 Å². The van der Waals surface area contributed by atoms with Gasteiger partial charge in [0.15, 0.2) is 11.6 Å². The van der Waals surface area contributed by atoms with Gasteiger partial charge in [-0.25, -0.2) is 22.3 Å². The number of hydrogen-bond donors (Lipinski definition) is 2. The maximum absolute atomic E-state index is 13.1. The van der Waals surface area contributed by atoms with E-state index in [4.69, 9.17) is 5.73 Å². The highest BCUT2D eigenvalue weighted by molar-refractivity contribution is 7.89. The van der Waals surface area contributed by atoms with Crippen LogP contribution in [0.15, 0.2) is 17.0 Å². The van der Waals surface area contributed by atoms with Gasteiger partial charge in [0.1, 0.15) is 4.90 Å². The SMILES string of the molecule is NC(=O)c1ccc(S(N)(=O)=O)c(F)c1F. The van der Waals surface area contributed by atoms with Crippen molar-refractivity contribution in [3.05, 3.63) is 29.3 Å². The van der Waals surface area contributed by atoms with E-state index in [1.807, 2.05) is 0 Å². The fourth-order valence-corrected chi connectivity index (χ4v) is 1.54. The van der Waals surface area contributed by atoms with Gasteiger partial charge in [-0.1, -0.05) is 0 Å². The number of sulfonamides is 1. The lowest BCUT2D eigenvalue weighted by atomic mass is 10.2. The molecule has 0 aliphatic heterocycles. The Morgan fingerprint density at radius 1 is 1.20 bits per heavy atom. The Hall–Kier alpha value is -1.54. The van der Waals surface area contributed by atoms with Crippen LogP contribution in [0.2, 0.25) is 0 Å². The first-order chi connectivity index (χ1) is 6.75. The fourth-order valence-electron chi connectivity index (χ4n) is 0.942. The summed E-state index contributed by atoms with van der Waals surface area (Å²) in [4.78, 5) is 9.55. The average Bonchev–Trinajstić information content (AvgIpc) is 2.06. The van der Waals surface area contributed by atoms with E-state index >= 15 is 0 Å². The fraction of sp³-hybridized carbons (Fsp3) is 0. The number of amides is 1. The molecule has 5 nitrogen and oxygen atoms in total. The molecule has 1 aromatic rings. The molecule has 0 spiro atoms. The van der Waals surface area contributed by atoms with Gasteiger partial charge in [-0.05, 0) is 12.1 Å². The quantitative estimate of drug-likeness (QED) is 0.737. The predicted octanol–water partition coefficient (Wildman–Crippen LogP) is -0.289. The van der Waals surface area contributed by atoms with Crippen LogP contribution < -0.4 is 10.9 Å². The van der Waals surface area contributed by atoms with Gasteiger partial charge in [-0.2, -0.15) is 0 Å². The second kappa shape index (κ2) is 3.55. The van der Waals surface area contributed by atoms with Crippen LogP contribution in [-0.4, -0.2) is 14.3 Å². The van der Waals surface area contributed by atoms with Gasteiger partial charge in [-0.3, -0.25) is 4.79 Å². The van der Waals surface area contributed by atoms with Gasteiger partial charge in [0.25, 0.3) is 5.91 Å². The van der Waals surface area contributed by atoms with Crippen LogP contribution in [0.4, 0.5) is 8.78 Å². The molecular formula is C7H6F2N2O3S. The number of benzene rings is 1. The zero-order valence-corrected chi connectivity index (χ0v) is 8.01. The van der Waals surface area contributed by atoms with Gasteiger partial charge in [0, 0.05) is 0 Å². The van der Waals surface area contributed by atoms with Gasteiger partial charge in [0.05, 0.1) is 5.56 Å². The first kappa shape index (κ1) is 11.5. The number of nitrogens with two attached hydrogens (primary N) is 2. The summed E-state index contributed by atoms with van der Waals surface area (Å²) in [5.74, 6) is -4.55. The van der Waals surface area contributed by atoms with Crippen LogP contribution in [0.5, 0.6) is 0 Å².